The Morgan fingerprint density at radius 2 is 2.00 bits per heavy atom. The first-order valence-electron chi connectivity index (χ1n) is 3.30. The molecule has 1 heterocycles. The molecule has 0 saturated carbocycles. The summed E-state index contributed by atoms with van der Waals surface area (Å²) in [6.07, 6.45) is 1.23. The van der Waals surface area contributed by atoms with Crippen molar-refractivity contribution < 1.29 is 0 Å². The molecule has 1 aliphatic heterocycles. The molecular formula is C7H12S2. The highest BCUT2D eigenvalue weighted by molar-refractivity contribution is 8.09. The third-order valence-electron chi connectivity index (χ3n) is 1.39. The highest BCUT2D eigenvalue weighted by atomic mass is 32.2. The maximum atomic E-state index is 2.23. The van der Waals surface area contributed by atoms with Crippen LogP contribution in [0.1, 0.15) is 20.3 Å². The van der Waals surface area contributed by atoms with E-state index in [1.165, 1.54) is 17.9 Å². The largest absolute Gasteiger partial charge is 0.129 e. The molecule has 52 valence electrons. The zero-order chi connectivity index (χ0) is 6.69. The molecule has 0 aromatic rings. The van der Waals surface area contributed by atoms with Crippen molar-refractivity contribution in [2.24, 2.45) is 0 Å². The van der Waals surface area contributed by atoms with Crippen LogP contribution in [0.15, 0.2) is 9.81 Å². The van der Waals surface area contributed by atoms with Gasteiger partial charge in [0.25, 0.3) is 0 Å². The van der Waals surface area contributed by atoms with Crippen LogP contribution in [-0.4, -0.2) is 11.5 Å². The molecule has 0 fully saturated rings. The minimum Gasteiger partial charge on any atom is -0.129 e. The molecule has 0 bridgehead atoms. The topological polar surface area (TPSA) is 0 Å². The van der Waals surface area contributed by atoms with E-state index in [1.54, 1.807) is 9.81 Å². The number of thioether (sulfide) groups is 2. The maximum absolute atomic E-state index is 2.23. The molecule has 0 atom stereocenters. The van der Waals surface area contributed by atoms with Crippen molar-refractivity contribution >= 4 is 23.5 Å². The van der Waals surface area contributed by atoms with Gasteiger partial charge in [-0.15, -0.1) is 23.5 Å². The predicted octanol–water partition coefficient (Wildman–Crippen LogP) is 3.11. The van der Waals surface area contributed by atoms with Crippen LogP contribution < -0.4 is 0 Å². The van der Waals surface area contributed by atoms with E-state index in [1.807, 2.05) is 23.5 Å². The molecule has 0 radical (unpaired) electrons. The van der Waals surface area contributed by atoms with Crippen LogP contribution in [0.25, 0.3) is 0 Å². The van der Waals surface area contributed by atoms with Gasteiger partial charge in [0.05, 0.1) is 0 Å². The van der Waals surface area contributed by atoms with Crippen LogP contribution in [0.2, 0.25) is 0 Å². The van der Waals surface area contributed by atoms with Crippen molar-refractivity contribution in [3.63, 3.8) is 0 Å². The van der Waals surface area contributed by atoms with E-state index in [9.17, 15) is 0 Å². The van der Waals surface area contributed by atoms with Gasteiger partial charge in [-0.1, -0.05) is 6.92 Å². The predicted molar refractivity (Wildman–Crippen MR) is 47.9 cm³/mol. The van der Waals surface area contributed by atoms with Gasteiger partial charge < -0.3 is 0 Å². The summed E-state index contributed by atoms with van der Waals surface area (Å²) in [7, 11) is 0. The zero-order valence-electron chi connectivity index (χ0n) is 5.94. The van der Waals surface area contributed by atoms with Gasteiger partial charge in [0.1, 0.15) is 0 Å². The Kier molecular flexibility index (Phi) is 2.99. The van der Waals surface area contributed by atoms with Gasteiger partial charge >= 0.3 is 0 Å². The molecule has 0 amide bonds. The molecule has 0 saturated heterocycles. The summed E-state index contributed by atoms with van der Waals surface area (Å²) in [5.41, 5.74) is 0. The van der Waals surface area contributed by atoms with Crippen LogP contribution in [0.4, 0.5) is 0 Å². The van der Waals surface area contributed by atoms with Crippen molar-refractivity contribution in [2.45, 2.75) is 20.3 Å². The summed E-state index contributed by atoms with van der Waals surface area (Å²) in [6.45, 7) is 4.47. The average Bonchev–Trinajstić information content (AvgIpc) is 1.89. The Bertz CT molecular complexity index is 127. The number of hydrogen-bond acceptors (Lipinski definition) is 2. The Labute approximate surface area is 65.5 Å². The second-order valence-electron chi connectivity index (χ2n) is 2.03. The van der Waals surface area contributed by atoms with Gasteiger partial charge in [0.15, 0.2) is 0 Å². The van der Waals surface area contributed by atoms with E-state index in [2.05, 4.69) is 13.8 Å². The van der Waals surface area contributed by atoms with Crippen molar-refractivity contribution in [3.05, 3.63) is 9.81 Å². The van der Waals surface area contributed by atoms with Crippen LogP contribution >= 0.6 is 23.5 Å². The standard InChI is InChI=1S/C7H12S2/c1-3-7-6(2)8-4-5-9-7/h3-5H2,1-2H3. The molecule has 0 spiro atoms. The van der Waals surface area contributed by atoms with E-state index in [0.29, 0.717) is 0 Å². The summed E-state index contributed by atoms with van der Waals surface area (Å²) < 4.78 is 0. The lowest BCUT2D eigenvalue weighted by atomic mass is 10.4. The summed E-state index contributed by atoms with van der Waals surface area (Å²) in [4.78, 5) is 3.15. The van der Waals surface area contributed by atoms with E-state index >= 15 is 0 Å². The van der Waals surface area contributed by atoms with Crippen LogP contribution in [0.3, 0.4) is 0 Å². The maximum Gasteiger partial charge on any atom is 0.00715 e. The van der Waals surface area contributed by atoms with E-state index in [4.69, 9.17) is 0 Å². The van der Waals surface area contributed by atoms with Gasteiger partial charge in [-0.3, -0.25) is 0 Å². The number of allylic oxidation sites excluding steroid dienone is 2. The normalized spacial score (nSPS) is 20.7. The highest BCUT2D eigenvalue weighted by Gasteiger charge is 2.06. The summed E-state index contributed by atoms with van der Waals surface area (Å²) in [5, 5.41) is 0. The summed E-state index contributed by atoms with van der Waals surface area (Å²) in [6, 6.07) is 0. The van der Waals surface area contributed by atoms with Crippen molar-refractivity contribution in [1.29, 1.82) is 0 Å². The first kappa shape index (κ1) is 7.55. The van der Waals surface area contributed by atoms with Crippen LogP contribution in [0.5, 0.6) is 0 Å². The number of hydrogen-bond donors (Lipinski definition) is 0. The second-order valence-corrected chi connectivity index (χ2v) is 4.53. The Morgan fingerprint density at radius 1 is 1.33 bits per heavy atom. The van der Waals surface area contributed by atoms with Crippen molar-refractivity contribution in [3.8, 4) is 0 Å². The molecule has 0 aromatic heterocycles. The van der Waals surface area contributed by atoms with E-state index in [0.717, 1.165) is 0 Å². The molecule has 1 aliphatic rings. The van der Waals surface area contributed by atoms with Crippen molar-refractivity contribution in [1.82, 2.24) is 0 Å². The fraction of sp³-hybridized carbons (Fsp3) is 0.714. The number of rotatable bonds is 1. The van der Waals surface area contributed by atoms with Crippen molar-refractivity contribution in [2.75, 3.05) is 11.5 Å². The minimum absolute atomic E-state index is 1.23. The first-order valence-corrected chi connectivity index (χ1v) is 5.27. The smallest absolute Gasteiger partial charge is 0.00715 e. The van der Waals surface area contributed by atoms with Gasteiger partial charge in [0.2, 0.25) is 0 Å². The van der Waals surface area contributed by atoms with Crippen LogP contribution in [0, 0.1) is 0 Å². The highest BCUT2D eigenvalue weighted by Crippen LogP contribution is 2.34. The molecule has 0 nitrogen and oxygen atoms in total. The zero-order valence-corrected chi connectivity index (χ0v) is 7.57. The summed E-state index contributed by atoms with van der Waals surface area (Å²) >= 11 is 4.04. The van der Waals surface area contributed by atoms with Gasteiger partial charge in [-0.05, 0) is 23.2 Å². The molecule has 0 aromatic carbocycles. The molecule has 0 N–H and O–H groups in total. The lowest BCUT2D eigenvalue weighted by Gasteiger charge is -2.14. The Morgan fingerprint density at radius 3 is 2.44 bits per heavy atom. The lowest BCUT2D eigenvalue weighted by Crippen LogP contribution is -1.93. The quantitative estimate of drug-likeness (QED) is 0.578. The fourth-order valence-corrected chi connectivity index (χ4v) is 3.18. The SMILES string of the molecule is CCC1=C(C)SCCS1. The monoisotopic (exact) mass is 160 g/mol. The Hall–Kier alpha value is 0.440. The third kappa shape index (κ3) is 1.94. The van der Waals surface area contributed by atoms with Gasteiger partial charge in [0, 0.05) is 11.5 Å². The molecular weight excluding hydrogens is 148 g/mol. The molecule has 0 unspecified atom stereocenters. The first-order chi connectivity index (χ1) is 4.34. The van der Waals surface area contributed by atoms with Crippen LogP contribution in [-0.2, 0) is 0 Å². The molecule has 0 aliphatic carbocycles. The summed E-state index contributed by atoms with van der Waals surface area (Å²) in [5.74, 6) is 2.62. The second kappa shape index (κ2) is 3.57. The lowest BCUT2D eigenvalue weighted by molar-refractivity contribution is 1.18. The fourth-order valence-electron chi connectivity index (χ4n) is 0.893. The molecule has 2 heteroatoms. The third-order valence-corrected chi connectivity index (χ3v) is 4.22. The molecule has 1 rings (SSSR count). The van der Waals surface area contributed by atoms with Gasteiger partial charge in [-0.2, -0.15) is 0 Å². The molecule has 9 heavy (non-hydrogen) atoms. The van der Waals surface area contributed by atoms with E-state index < -0.39 is 0 Å². The van der Waals surface area contributed by atoms with Gasteiger partial charge in [-0.25, -0.2) is 0 Å². The average molecular weight is 160 g/mol. The minimum atomic E-state index is 1.23. The van der Waals surface area contributed by atoms with E-state index in [-0.39, 0.29) is 0 Å². The Balaban J connectivity index is 2.59.